The normalized spacial score (nSPS) is 20.9. The van der Waals surface area contributed by atoms with Crippen LogP contribution in [0, 0.1) is 11.8 Å². The van der Waals surface area contributed by atoms with Crippen LogP contribution in [0.3, 0.4) is 0 Å². The van der Waals surface area contributed by atoms with Gasteiger partial charge in [0.2, 0.25) is 0 Å². The minimum atomic E-state index is -0.384. The van der Waals surface area contributed by atoms with Gasteiger partial charge in [-0.3, -0.25) is 9.59 Å². The first-order valence-electron chi connectivity index (χ1n) is 9.94. The van der Waals surface area contributed by atoms with E-state index in [-0.39, 0.29) is 23.6 Å². The molecule has 1 fully saturated rings. The van der Waals surface area contributed by atoms with Crippen LogP contribution < -0.4 is 0 Å². The van der Waals surface area contributed by atoms with Crippen LogP contribution in [0.1, 0.15) is 44.2 Å². The molecule has 4 rings (SSSR count). The van der Waals surface area contributed by atoms with Crippen molar-refractivity contribution in [3.8, 4) is 11.1 Å². The van der Waals surface area contributed by atoms with E-state index in [1.165, 1.54) is 6.92 Å². The summed E-state index contributed by atoms with van der Waals surface area (Å²) < 4.78 is 5.62. The molecule has 0 unspecified atom stereocenters. The molecule has 2 bridgehead atoms. The fourth-order valence-corrected chi connectivity index (χ4v) is 5.07. The smallest absolute Gasteiger partial charge is 0.307 e. The molecular weight excluding hydrogens is 407 g/mol. The summed E-state index contributed by atoms with van der Waals surface area (Å²) in [5, 5.41) is 1.12. The van der Waals surface area contributed by atoms with Gasteiger partial charge >= 0.3 is 5.97 Å². The number of halogens is 2. The lowest BCUT2D eigenvalue weighted by molar-refractivity contribution is -0.137. The van der Waals surface area contributed by atoms with Gasteiger partial charge in [-0.1, -0.05) is 48.3 Å². The fourth-order valence-electron chi connectivity index (χ4n) is 4.55. The van der Waals surface area contributed by atoms with E-state index in [1.54, 1.807) is 12.1 Å². The molecule has 2 atom stereocenters. The zero-order chi connectivity index (χ0) is 20.7. The van der Waals surface area contributed by atoms with E-state index < -0.39 is 0 Å². The van der Waals surface area contributed by atoms with E-state index in [0.717, 1.165) is 47.9 Å². The molecule has 0 aliphatic heterocycles. The second kappa shape index (κ2) is 7.97. The van der Waals surface area contributed by atoms with Crippen molar-refractivity contribution in [1.29, 1.82) is 0 Å². The van der Waals surface area contributed by atoms with E-state index in [1.807, 2.05) is 24.3 Å². The highest BCUT2D eigenvalue weighted by atomic mass is 35.5. The number of carbonyl (C=O) groups excluding carboxylic acids is 2. The van der Waals surface area contributed by atoms with Crippen LogP contribution in [0.4, 0.5) is 0 Å². The number of allylic oxidation sites excluding steroid dienone is 2. The van der Waals surface area contributed by atoms with E-state index in [0.29, 0.717) is 21.4 Å². The Morgan fingerprint density at radius 3 is 2.52 bits per heavy atom. The lowest BCUT2D eigenvalue weighted by Crippen LogP contribution is -2.24. The number of hydrogen-bond donors (Lipinski definition) is 0. The number of ketones is 1. The Morgan fingerprint density at radius 2 is 1.83 bits per heavy atom. The topological polar surface area (TPSA) is 43.4 Å². The molecule has 2 aromatic carbocycles. The third kappa shape index (κ3) is 3.74. The van der Waals surface area contributed by atoms with E-state index in [9.17, 15) is 9.59 Å². The molecule has 5 heteroatoms. The number of hydrogen-bond acceptors (Lipinski definition) is 3. The van der Waals surface area contributed by atoms with Crippen LogP contribution in [0.15, 0.2) is 42.2 Å². The molecule has 0 aromatic heterocycles. The van der Waals surface area contributed by atoms with Crippen molar-refractivity contribution < 1.29 is 14.3 Å². The molecule has 0 amide bonds. The number of Topliss-reactive ketones (excluding diaryl/α,β-unsaturated/α-hetero) is 1. The van der Waals surface area contributed by atoms with Gasteiger partial charge in [-0.15, -0.1) is 0 Å². The van der Waals surface area contributed by atoms with E-state index in [4.69, 9.17) is 27.9 Å². The standard InChI is InChI=1S/C24H22Cl2O3/c1-3-14-4-5-15(19-9-8-18(25)12-21(19)26)11-20(14)22-23(28)16-6-7-17(10-16)24(22)29-13(2)27/h4-5,8-9,11-12,16-17H,3,6-7,10H2,1-2H3/t16-,17-/m1/s1. The van der Waals surface area contributed by atoms with Crippen LogP contribution in [-0.4, -0.2) is 11.8 Å². The van der Waals surface area contributed by atoms with E-state index >= 15 is 0 Å². The second-order valence-corrected chi connectivity index (χ2v) is 8.60. The zero-order valence-electron chi connectivity index (χ0n) is 16.4. The number of fused-ring (bicyclic) bond motifs is 2. The Kier molecular flexibility index (Phi) is 5.54. The van der Waals surface area contributed by atoms with Gasteiger partial charge in [-0.25, -0.2) is 0 Å². The number of rotatable bonds is 4. The minimum Gasteiger partial charge on any atom is -0.430 e. The fraction of sp³-hybridized carbons (Fsp3) is 0.333. The van der Waals surface area contributed by atoms with Gasteiger partial charge in [0.1, 0.15) is 5.76 Å². The third-order valence-corrected chi connectivity index (χ3v) is 6.47. The predicted octanol–water partition coefficient (Wildman–Crippen LogP) is 6.50. The Labute approximate surface area is 180 Å². The molecule has 0 heterocycles. The van der Waals surface area contributed by atoms with Crippen LogP contribution in [0.5, 0.6) is 0 Å². The molecule has 29 heavy (non-hydrogen) atoms. The maximum atomic E-state index is 13.3. The molecule has 0 spiro atoms. The number of carbonyl (C=O) groups is 2. The van der Waals surface area contributed by atoms with Gasteiger partial charge in [0.05, 0.1) is 5.57 Å². The summed E-state index contributed by atoms with van der Waals surface area (Å²) in [5.74, 6) is 0.394. The van der Waals surface area contributed by atoms with Crippen molar-refractivity contribution in [2.45, 2.75) is 39.5 Å². The zero-order valence-corrected chi connectivity index (χ0v) is 17.9. The summed E-state index contributed by atoms with van der Waals surface area (Å²) in [7, 11) is 0. The molecule has 2 aliphatic rings. The molecule has 0 saturated heterocycles. The van der Waals surface area contributed by atoms with Crippen molar-refractivity contribution in [1.82, 2.24) is 0 Å². The van der Waals surface area contributed by atoms with Gasteiger partial charge in [0, 0.05) is 34.4 Å². The molecule has 0 radical (unpaired) electrons. The van der Waals surface area contributed by atoms with E-state index in [2.05, 4.69) is 6.92 Å². The summed E-state index contributed by atoms with van der Waals surface area (Å²) in [6, 6.07) is 11.4. The summed E-state index contributed by atoms with van der Waals surface area (Å²) in [5.41, 5.74) is 4.21. The van der Waals surface area contributed by atoms with Crippen LogP contribution in [0.2, 0.25) is 10.0 Å². The molecule has 150 valence electrons. The third-order valence-electron chi connectivity index (χ3n) is 5.92. The highest BCUT2D eigenvalue weighted by molar-refractivity contribution is 6.36. The number of benzene rings is 2. The molecule has 2 aliphatic carbocycles. The summed E-state index contributed by atoms with van der Waals surface area (Å²) in [4.78, 5) is 25.1. The number of ether oxygens (including phenoxy) is 1. The quantitative estimate of drug-likeness (QED) is 0.522. The van der Waals surface area contributed by atoms with Crippen LogP contribution >= 0.6 is 23.2 Å². The van der Waals surface area contributed by atoms with Crippen molar-refractivity contribution >= 4 is 40.5 Å². The first kappa shape index (κ1) is 20.2. The largest absolute Gasteiger partial charge is 0.430 e. The van der Waals surface area contributed by atoms with Gasteiger partial charge in [-0.2, -0.15) is 0 Å². The predicted molar refractivity (Wildman–Crippen MR) is 116 cm³/mol. The lowest BCUT2D eigenvalue weighted by atomic mass is 9.81. The number of aryl methyl sites for hydroxylation is 1. The first-order valence-corrected chi connectivity index (χ1v) is 10.7. The highest BCUT2D eigenvalue weighted by Gasteiger charge is 2.43. The van der Waals surface area contributed by atoms with Crippen molar-refractivity contribution in [2.24, 2.45) is 11.8 Å². The molecule has 0 N–H and O–H groups in total. The summed E-state index contributed by atoms with van der Waals surface area (Å²) in [6.07, 6.45) is 3.27. The monoisotopic (exact) mass is 428 g/mol. The molecule has 1 saturated carbocycles. The lowest BCUT2D eigenvalue weighted by Gasteiger charge is -2.26. The van der Waals surface area contributed by atoms with Gasteiger partial charge < -0.3 is 4.74 Å². The Bertz CT molecular complexity index is 1040. The van der Waals surface area contributed by atoms with Crippen LogP contribution in [-0.2, 0) is 20.7 Å². The molecular formula is C24H22Cl2O3. The van der Waals surface area contributed by atoms with Crippen molar-refractivity contribution in [3.05, 3.63) is 63.3 Å². The SMILES string of the molecule is CCc1ccc(-c2ccc(Cl)cc2Cl)cc1C1=C(OC(C)=O)[C@@H]2CC[C@H](C2)C1=O. The summed E-state index contributed by atoms with van der Waals surface area (Å²) in [6.45, 7) is 3.45. The van der Waals surface area contributed by atoms with Gasteiger partial charge in [0.15, 0.2) is 5.78 Å². The Morgan fingerprint density at radius 1 is 1.07 bits per heavy atom. The van der Waals surface area contributed by atoms with Gasteiger partial charge in [-0.05, 0) is 60.6 Å². The summed E-state index contributed by atoms with van der Waals surface area (Å²) >= 11 is 12.5. The van der Waals surface area contributed by atoms with Crippen molar-refractivity contribution in [2.75, 3.05) is 0 Å². The van der Waals surface area contributed by atoms with Crippen molar-refractivity contribution in [3.63, 3.8) is 0 Å². The first-order chi connectivity index (χ1) is 13.9. The highest BCUT2D eigenvalue weighted by Crippen LogP contribution is 2.48. The number of esters is 1. The molecule has 2 aromatic rings. The average molecular weight is 429 g/mol. The minimum absolute atomic E-state index is 0.0155. The molecule has 3 nitrogen and oxygen atoms in total. The Hall–Kier alpha value is -2.10. The Balaban J connectivity index is 1.92. The maximum Gasteiger partial charge on any atom is 0.307 e. The maximum absolute atomic E-state index is 13.3. The van der Waals surface area contributed by atoms with Crippen LogP contribution in [0.25, 0.3) is 16.7 Å². The average Bonchev–Trinajstić information content (AvgIpc) is 3.12. The van der Waals surface area contributed by atoms with Gasteiger partial charge in [0.25, 0.3) is 0 Å². The second-order valence-electron chi connectivity index (χ2n) is 7.75.